The maximum Gasteiger partial charge on any atom is 0.417 e. The van der Waals surface area contributed by atoms with Crippen LogP contribution >= 0.6 is 0 Å². The first kappa shape index (κ1) is 22.3. The summed E-state index contributed by atoms with van der Waals surface area (Å²) in [5.41, 5.74) is -0.412. The molecule has 0 radical (unpaired) electrons. The van der Waals surface area contributed by atoms with E-state index in [1.165, 1.54) is 19.4 Å². The Balaban J connectivity index is 1.66. The lowest BCUT2D eigenvalue weighted by molar-refractivity contribution is -0.139. The summed E-state index contributed by atoms with van der Waals surface area (Å²) in [6.07, 6.45) is -0.877. The Morgan fingerprint density at radius 1 is 1.26 bits per heavy atom. The van der Waals surface area contributed by atoms with Gasteiger partial charge in [-0.05, 0) is 37.0 Å². The van der Waals surface area contributed by atoms with E-state index in [1.807, 2.05) is 0 Å². The molecule has 2 aliphatic rings. The molecule has 1 saturated carbocycles. The zero-order chi connectivity index (χ0) is 22.4. The van der Waals surface area contributed by atoms with Crippen molar-refractivity contribution in [3.63, 3.8) is 0 Å². The quantitative estimate of drug-likeness (QED) is 0.656. The molecule has 4 rings (SSSR count). The largest absolute Gasteiger partial charge is 0.417 e. The number of sulfone groups is 1. The van der Waals surface area contributed by atoms with Gasteiger partial charge in [0.05, 0.1) is 47.8 Å². The Morgan fingerprint density at radius 3 is 2.58 bits per heavy atom. The molecule has 0 amide bonds. The minimum absolute atomic E-state index is 0.0420. The molecule has 10 heteroatoms. The van der Waals surface area contributed by atoms with Crippen molar-refractivity contribution in [1.29, 1.82) is 0 Å². The molecular formula is C21H25F3N2O4S. The smallest absolute Gasteiger partial charge is 0.381 e. The molecule has 0 spiro atoms. The Kier molecular flexibility index (Phi) is 5.68. The lowest BCUT2D eigenvalue weighted by Gasteiger charge is -2.37. The third-order valence-electron chi connectivity index (χ3n) is 6.11. The molecule has 2 atom stereocenters. The van der Waals surface area contributed by atoms with Crippen LogP contribution < -0.4 is 0 Å². The van der Waals surface area contributed by atoms with Gasteiger partial charge in [-0.2, -0.15) is 18.3 Å². The van der Waals surface area contributed by atoms with Crippen molar-refractivity contribution in [3.8, 4) is 11.1 Å². The monoisotopic (exact) mass is 458 g/mol. The van der Waals surface area contributed by atoms with Gasteiger partial charge in [-0.15, -0.1) is 0 Å². The lowest BCUT2D eigenvalue weighted by Crippen LogP contribution is -2.43. The predicted molar refractivity (Wildman–Crippen MR) is 107 cm³/mol. The molecule has 1 aromatic heterocycles. The molecule has 0 N–H and O–H groups in total. The van der Waals surface area contributed by atoms with Gasteiger partial charge in [0, 0.05) is 24.3 Å². The molecule has 0 unspecified atom stereocenters. The molecule has 6 nitrogen and oxygen atoms in total. The van der Waals surface area contributed by atoms with E-state index in [4.69, 9.17) is 9.47 Å². The number of aromatic nitrogens is 2. The second kappa shape index (κ2) is 7.90. The van der Waals surface area contributed by atoms with Crippen LogP contribution in [0.25, 0.3) is 11.1 Å². The van der Waals surface area contributed by atoms with Crippen molar-refractivity contribution in [1.82, 2.24) is 9.78 Å². The zero-order valence-electron chi connectivity index (χ0n) is 17.4. The van der Waals surface area contributed by atoms with E-state index in [2.05, 4.69) is 12.0 Å². The number of ether oxygens (including phenoxy) is 2. The van der Waals surface area contributed by atoms with Crippen molar-refractivity contribution < 1.29 is 31.1 Å². The van der Waals surface area contributed by atoms with Crippen LogP contribution in [-0.4, -0.2) is 49.9 Å². The summed E-state index contributed by atoms with van der Waals surface area (Å²) in [6.45, 7) is 3.86. The zero-order valence-corrected chi connectivity index (χ0v) is 18.2. The van der Waals surface area contributed by atoms with Gasteiger partial charge in [0.25, 0.3) is 0 Å². The summed E-state index contributed by atoms with van der Waals surface area (Å²) >= 11 is 0. The second-order valence-corrected chi connectivity index (χ2v) is 11.0. The van der Waals surface area contributed by atoms with Crippen LogP contribution in [0.3, 0.4) is 0 Å². The topological polar surface area (TPSA) is 70.4 Å². The number of hydrogen-bond acceptors (Lipinski definition) is 5. The third kappa shape index (κ3) is 4.38. The van der Waals surface area contributed by atoms with E-state index in [-0.39, 0.29) is 29.9 Å². The van der Waals surface area contributed by atoms with Crippen LogP contribution in [0.5, 0.6) is 0 Å². The summed E-state index contributed by atoms with van der Waals surface area (Å²) in [4.78, 5) is -0.669. The number of alkyl halides is 3. The minimum atomic E-state index is -4.80. The van der Waals surface area contributed by atoms with E-state index in [1.54, 1.807) is 10.9 Å². The van der Waals surface area contributed by atoms with Crippen molar-refractivity contribution in [2.24, 2.45) is 5.41 Å². The molecule has 1 aliphatic heterocycles. The van der Waals surface area contributed by atoms with E-state index < -0.39 is 31.7 Å². The van der Waals surface area contributed by atoms with Gasteiger partial charge < -0.3 is 9.47 Å². The van der Waals surface area contributed by atoms with Gasteiger partial charge in [-0.25, -0.2) is 8.42 Å². The van der Waals surface area contributed by atoms with Crippen LogP contribution in [0.2, 0.25) is 0 Å². The summed E-state index contributed by atoms with van der Waals surface area (Å²) in [5.74, 6) is 0. The molecule has 1 saturated heterocycles. The average Bonchev–Trinajstić information content (AvgIpc) is 3.35. The maximum atomic E-state index is 13.9. The van der Waals surface area contributed by atoms with Crippen molar-refractivity contribution in [2.45, 2.75) is 55.2 Å². The molecule has 2 aromatic rings. The van der Waals surface area contributed by atoms with Gasteiger partial charge in [-0.3, -0.25) is 4.68 Å². The van der Waals surface area contributed by atoms with Crippen LogP contribution in [-0.2, 0) is 32.0 Å². The third-order valence-corrected chi connectivity index (χ3v) is 8.39. The fraction of sp³-hybridized carbons (Fsp3) is 0.571. The number of hydrogen-bond donors (Lipinski definition) is 0. The molecule has 170 valence electrons. The number of nitrogens with zero attached hydrogens (tertiary/aromatic N) is 2. The second-order valence-electron chi connectivity index (χ2n) is 8.78. The molecule has 31 heavy (non-hydrogen) atoms. The van der Waals surface area contributed by atoms with E-state index in [0.29, 0.717) is 31.7 Å². The van der Waals surface area contributed by atoms with Crippen LogP contribution in [0.1, 0.15) is 31.7 Å². The standard InChI is InChI=1S/C21H25F3N2O4S/c1-20(12-30-13-20)11-26-10-15(9-25-26)14-3-6-19(18(7-14)21(22,23)24)31(27,28)17-5-4-16(8-17)29-2/h3,6-7,9-10,16-17H,4-5,8,11-13H2,1-2H3/t16-,17-/m0/s1. The summed E-state index contributed by atoms with van der Waals surface area (Å²) < 4.78 is 79.7. The van der Waals surface area contributed by atoms with Gasteiger partial charge in [-0.1, -0.05) is 13.0 Å². The number of benzene rings is 1. The van der Waals surface area contributed by atoms with Gasteiger partial charge in [0.15, 0.2) is 9.84 Å². The first-order chi connectivity index (χ1) is 14.5. The van der Waals surface area contributed by atoms with Crippen molar-refractivity contribution in [2.75, 3.05) is 20.3 Å². The first-order valence-corrected chi connectivity index (χ1v) is 11.6. The van der Waals surface area contributed by atoms with E-state index in [9.17, 15) is 21.6 Å². The Labute approximate surface area is 179 Å². The fourth-order valence-electron chi connectivity index (χ4n) is 4.29. The summed E-state index contributed by atoms with van der Waals surface area (Å²) in [5, 5.41) is 3.37. The lowest BCUT2D eigenvalue weighted by atomic mass is 9.89. The van der Waals surface area contributed by atoms with Gasteiger partial charge >= 0.3 is 6.18 Å². The molecule has 1 aliphatic carbocycles. The number of halogens is 3. The maximum absolute atomic E-state index is 13.9. The SMILES string of the molecule is CO[C@H]1CC[C@H](S(=O)(=O)c2ccc(-c3cnn(CC4(C)COC4)c3)cc2C(F)(F)F)C1. The first-order valence-electron chi connectivity index (χ1n) is 10.1. The van der Waals surface area contributed by atoms with Gasteiger partial charge in [0.2, 0.25) is 0 Å². The fourth-order valence-corrected chi connectivity index (χ4v) is 6.30. The molecule has 2 heterocycles. The molecule has 0 bridgehead atoms. The van der Waals surface area contributed by atoms with Crippen molar-refractivity contribution in [3.05, 3.63) is 36.2 Å². The van der Waals surface area contributed by atoms with Crippen LogP contribution in [0, 0.1) is 5.41 Å². The van der Waals surface area contributed by atoms with Gasteiger partial charge in [0.1, 0.15) is 0 Å². The Bertz CT molecular complexity index is 1060. The number of methoxy groups -OCH3 is 1. The number of rotatable bonds is 6. The molecule has 1 aromatic carbocycles. The summed E-state index contributed by atoms with van der Waals surface area (Å²) in [7, 11) is -2.66. The highest BCUT2D eigenvalue weighted by Gasteiger charge is 2.42. The van der Waals surface area contributed by atoms with E-state index >= 15 is 0 Å². The highest BCUT2D eigenvalue weighted by molar-refractivity contribution is 7.92. The Morgan fingerprint density at radius 2 is 2.00 bits per heavy atom. The Hall–Kier alpha value is -1.91. The average molecular weight is 459 g/mol. The minimum Gasteiger partial charge on any atom is -0.381 e. The highest BCUT2D eigenvalue weighted by atomic mass is 32.2. The molecule has 2 fully saturated rings. The van der Waals surface area contributed by atoms with Crippen LogP contribution in [0.15, 0.2) is 35.5 Å². The molecular weight excluding hydrogens is 433 g/mol. The highest BCUT2D eigenvalue weighted by Crippen LogP contribution is 2.40. The summed E-state index contributed by atoms with van der Waals surface area (Å²) in [6, 6.07) is 3.40. The van der Waals surface area contributed by atoms with Crippen LogP contribution in [0.4, 0.5) is 13.2 Å². The predicted octanol–water partition coefficient (Wildman–Crippen LogP) is 3.95. The van der Waals surface area contributed by atoms with Crippen molar-refractivity contribution >= 4 is 9.84 Å². The normalized spacial score (nSPS) is 23.6. The van der Waals surface area contributed by atoms with E-state index in [0.717, 1.165) is 12.1 Å².